The molecule has 0 aliphatic rings. The number of phenolic OH excluding ortho intramolecular Hbond substituents is 1. The van der Waals surface area contributed by atoms with Crippen molar-refractivity contribution in [3.05, 3.63) is 47.3 Å². The fraction of sp³-hybridized carbons (Fsp3) is 0.357. The molecule has 96 valence electrons. The van der Waals surface area contributed by atoms with Crippen molar-refractivity contribution >= 4 is 0 Å². The van der Waals surface area contributed by atoms with Crippen LogP contribution in [0.5, 0.6) is 5.75 Å². The van der Waals surface area contributed by atoms with Crippen LogP contribution in [0, 0.1) is 6.92 Å². The fourth-order valence-corrected chi connectivity index (χ4v) is 1.93. The lowest BCUT2D eigenvalue weighted by molar-refractivity contribution is 0.385. The second-order valence-corrected chi connectivity index (χ2v) is 4.36. The van der Waals surface area contributed by atoms with E-state index in [2.05, 4.69) is 17.4 Å². The van der Waals surface area contributed by atoms with Crippen molar-refractivity contribution < 1.29 is 9.63 Å². The predicted octanol–water partition coefficient (Wildman–Crippen LogP) is 2.93. The Labute approximate surface area is 107 Å². The smallest absolute Gasteiger partial charge is 0.133 e. The predicted molar refractivity (Wildman–Crippen MR) is 69.2 cm³/mol. The molecule has 0 fully saturated rings. The van der Waals surface area contributed by atoms with Gasteiger partial charge in [-0.2, -0.15) is 0 Å². The Morgan fingerprint density at radius 2 is 2.06 bits per heavy atom. The Balaban J connectivity index is 1.99. The molecule has 0 radical (unpaired) electrons. The Morgan fingerprint density at radius 3 is 2.61 bits per heavy atom. The standard InChI is InChI=1S/C14H18N2O2/c1-3-14(11-4-6-13(17)7-5-11)15-9-12-8-10(2)18-16-12/h4-8,14-15,17H,3,9H2,1-2H3. The van der Waals surface area contributed by atoms with Gasteiger partial charge in [0.25, 0.3) is 0 Å². The molecule has 4 heteroatoms. The molecule has 4 nitrogen and oxygen atoms in total. The molecule has 0 amide bonds. The van der Waals surface area contributed by atoms with E-state index in [-0.39, 0.29) is 6.04 Å². The maximum atomic E-state index is 9.28. The van der Waals surface area contributed by atoms with Crippen LogP contribution in [0.15, 0.2) is 34.9 Å². The largest absolute Gasteiger partial charge is 0.508 e. The number of rotatable bonds is 5. The number of nitrogens with one attached hydrogen (secondary N) is 1. The zero-order valence-corrected chi connectivity index (χ0v) is 10.7. The summed E-state index contributed by atoms with van der Waals surface area (Å²) in [5, 5.41) is 16.7. The summed E-state index contributed by atoms with van der Waals surface area (Å²) in [5.74, 6) is 1.12. The normalized spacial score (nSPS) is 12.6. The highest BCUT2D eigenvalue weighted by Gasteiger charge is 2.09. The first-order valence-electron chi connectivity index (χ1n) is 6.13. The van der Waals surface area contributed by atoms with E-state index in [0.717, 1.165) is 23.4 Å². The molecule has 0 saturated heterocycles. The third-order valence-electron chi connectivity index (χ3n) is 2.91. The lowest BCUT2D eigenvalue weighted by Gasteiger charge is -2.16. The molecular weight excluding hydrogens is 228 g/mol. The van der Waals surface area contributed by atoms with Gasteiger partial charge in [-0.3, -0.25) is 0 Å². The number of aromatic hydroxyl groups is 1. The molecule has 0 bridgehead atoms. The van der Waals surface area contributed by atoms with E-state index in [4.69, 9.17) is 4.52 Å². The maximum absolute atomic E-state index is 9.28. The molecule has 2 N–H and O–H groups in total. The average molecular weight is 246 g/mol. The Hall–Kier alpha value is -1.81. The van der Waals surface area contributed by atoms with Gasteiger partial charge in [-0.05, 0) is 31.0 Å². The summed E-state index contributed by atoms with van der Waals surface area (Å²) in [7, 11) is 0. The monoisotopic (exact) mass is 246 g/mol. The number of benzene rings is 1. The van der Waals surface area contributed by atoms with Crippen molar-refractivity contribution in [3.8, 4) is 5.75 Å². The van der Waals surface area contributed by atoms with Crippen molar-refractivity contribution in [2.75, 3.05) is 0 Å². The van der Waals surface area contributed by atoms with Crippen LogP contribution >= 0.6 is 0 Å². The number of aromatic nitrogens is 1. The lowest BCUT2D eigenvalue weighted by atomic mass is 10.0. The van der Waals surface area contributed by atoms with Gasteiger partial charge in [-0.15, -0.1) is 0 Å². The van der Waals surface area contributed by atoms with E-state index in [1.807, 2.05) is 25.1 Å². The first kappa shape index (κ1) is 12.6. The van der Waals surface area contributed by atoms with Crippen molar-refractivity contribution in [3.63, 3.8) is 0 Å². The van der Waals surface area contributed by atoms with Gasteiger partial charge in [-0.1, -0.05) is 24.2 Å². The summed E-state index contributed by atoms with van der Waals surface area (Å²) in [5.41, 5.74) is 2.07. The van der Waals surface area contributed by atoms with Gasteiger partial charge in [0.05, 0.1) is 5.69 Å². The third-order valence-corrected chi connectivity index (χ3v) is 2.91. The van der Waals surface area contributed by atoms with Gasteiger partial charge in [0.1, 0.15) is 11.5 Å². The minimum absolute atomic E-state index is 0.252. The van der Waals surface area contributed by atoms with E-state index >= 15 is 0 Å². The van der Waals surface area contributed by atoms with Crippen LogP contribution in [-0.2, 0) is 6.54 Å². The van der Waals surface area contributed by atoms with E-state index in [1.165, 1.54) is 0 Å². The van der Waals surface area contributed by atoms with E-state index in [9.17, 15) is 5.11 Å². The number of hydrogen-bond acceptors (Lipinski definition) is 4. The minimum atomic E-state index is 0.252. The van der Waals surface area contributed by atoms with Gasteiger partial charge < -0.3 is 14.9 Å². The summed E-state index contributed by atoms with van der Waals surface area (Å²) < 4.78 is 5.03. The highest BCUT2D eigenvalue weighted by Crippen LogP contribution is 2.19. The van der Waals surface area contributed by atoms with E-state index < -0.39 is 0 Å². The second-order valence-electron chi connectivity index (χ2n) is 4.36. The Kier molecular flexibility index (Phi) is 3.99. The number of phenols is 1. The highest BCUT2D eigenvalue weighted by molar-refractivity contribution is 5.28. The molecule has 1 aromatic heterocycles. The van der Waals surface area contributed by atoms with Crippen LogP contribution in [0.3, 0.4) is 0 Å². The first-order valence-corrected chi connectivity index (χ1v) is 6.13. The second kappa shape index (κ2) is 5.69. The quantitative estimate of drug-likeness (QED) is 0.851. The average Bonchev–Trinajstić information content (AvgIpc) is 2.78. The highest BCUT2D eigenvalue weighted by atomic mass is 16.5. The van der Waals surface area contributed by atoms with Gasteiger partial charge in [0.15, 0.2) is 0 Å². The minimum Gasteiger partial charge on any atom is -0.508 e. The van der Waals surface area contributed by atoms with Crippen LogP contribution in [0.4, 0.5) is 0 Å². The molecule has 18 heavy (non-hydrogen) atoms. The number of nitrogens with zero attached hydrogens (tertiary/aromatic N) is 1. The van der Waals surface area contributed by atoms with Crippen LogP contribution in [0.25, 0.3) is 0 Å². The van der Waals surface area contributed by atoms with Crippen LogP contribution in [0.2, 0.25) is 0 Å². The van der Waals surface area contributed by atoms with Crippen molar-refractivity contribution in [2.45, 2.75) is 32.9 Å². The molecule has 1 heterocycles. The number of aryl methyl sites for hydroxylation is 1. The molecule has 0 aliphatic heterocycles. The zero-order valence-electron chi connectivity index (χ0n) is 10.7. The topological polar surface area (TPSA) is 58.3 Å². The molecule has 2 aromatic rings. The van der Waals surface area contributed by atoms with E-state index in [0.29, 0.717) is 12.3 Å². The Bertz CT molecular complexity index is 491. The molecule has 0 spiro atoms. The summed E-state index contributed by atoms with van der Waals surface area (Å²) >= 11 is 0. The summed E-state index contributed by atoms with van der Waals surface area (Å²) in [6.07, 6.45) is 0.974. The molecule has 1 atom stereocenters. The van der Waals surface area contributed by atoms with Gasteiger partial charge in [0.2, 0.25) is 0 Å². The third kappa shape index (κ3) is 3.11. The van der Waals surface area contributed by atoms with Crippen molar-refractivity contribution in [2.24, 2.45) is 0 Å². The molecule has 1 unspecified atom stereocenters. The molecule has 0 saturated carbocycles. The summed E-state index contributed by atoms with van der Waals surface area (Å²) in [6, 6.07) is 9.47. The van der Waals surface area contributed by atoms with Crippen molar-refractivity contribution in [1.82, 2.24) is 10.5 Å². The number of hydrogen-bond donors (Lipinski definition) is 2. The molecule has 2 rings (SSSR count). The van der Waals surface area contributed by atoms with Crippen LogP contribution in [-0.4, -0.2) is 10.3 Å². The van der Waals surface area contributed by atoms with E-state index in [1.54, 1.807) is 12.1 Å². The molecular formula is C14H18N2O2. The summed E-state index contributed by atoms with van der Waals surface area (Å²) in [6.45, 7) is 4.68. The van der Waals surface area contributed by atoms with Crippen LogP contribution in [0.1, 0.15) is 36.4 Å². The maximum Gasteiger partial charge on any atom is 0.133 e. The molecule has 0 aliphatic carbocycles. The zero-order chi connectivity index (χ0) is 13.0. The molecule has 1 aromatic carbocycles. The van der Waals surface area contributed by atoms with Crippen molar-refractivity contribution in [1.29, 1.82) is 0 Å². The van der Waals surface area contributed by atoms with Gasteiger partial charge >= 0.3 is 0 Å². The summed E-state index contributed by atoms with van der Waals surface area (Å²) in [4.78, 5) is 0. The first-order chi connectivity index (χ1) is 8.69. The fourth-order valence-electron chi connectivity index (χ4n) is 1.93. The van der Waals surface area contributed by atoms with Crippen LogP contribution < -0.4 is 5.32 Å². The Morgan fingerprint density at radius 1 is 1.33 bits per heavy atom. The van der Waals surface area contributed by atoms with Gasteiger partial charge in [-0.25, -0.2) is 0 Å². The lowest BCUT2D eigenvalue weighted by Crippen LogP contribution is -2.20. The SMILES string of the molecule is CCC(NCc1cc(C)on1)c1ccc(O)cc1. The van der Waals surface area contributed by atoms with Gasteiger partial charge in [0, 0.05) is 18.7 Å².